The van der Waals surface area contributed by atoms with Crippen LogP contribution in [0.15, 0.2) is 23.1 Å². The van der Waals surface area contributed by atoms with Crippen LogP contribution in [0.1, 0.15) is 17.3 Å². The highest BCUT2D eigenvalue weighted by Crippen LogP contribution is 1.98. The maximum absolute atomic E-state index is 11.4. The third-order valence-corrected chi connectivity index (χ3v) is 1.81. The Kier molecular flexibility index (Phi) is 3.38. The molecular formula is C10H11NO4. The summed E-state index contributed by atoms with van der Waals surface area (Å²) in [5.41, 5.74) is -0.0917. The van der Waals surface area contributed by atoms with Gasteiger partial charge in [0.1, 0.15) is 0 Å². The number of nitrogens with zero attached hydrogens (tertiary/aromatic N) is 1. The second-order valence-corrected chi connectivity index (χ2v) is 2.92. The number of carbonyl (C=O) groups excluding carboxylic acids is 2. The average Bonchev–Trinajstić information content (AvgIpc) is 2.21. The van der Waals surface area contributed by atoms with Crippen LogP contribution < -0.4 is 5.56 Å². The van der Waals surface area contributed by atoms with Crippen LogP contribution in [0.4, 0.5) is 0 Å². The molecule has 5 heteroatoms. The number of aryl methyl sites for hydroxylation is 1. The van der Waals surface area contributed by atoms with Gasteiger partial charge >= 0.3 is 5.97 Å². The van der Waals surface area contributed by atoms with E-state index in [2.05, 4.69) is 4.74 Å². The molecule has 1 rings (SSSR count). The molecule has 0 bridgehead atoms. The van der Waals surface area contributed by atoms with Gasteiger partial charge in [-0.25, -0.2) is 4.79 Å². The van der Waals surface area contributed by atoms with Crippen molar-refractivity contribution in [1.82, 2.24) is 4.57 Å². The minimum absolute atomic E-state index is 0.149. The Morgan fingerprint density at radius 1 is 1.40 bits per heavy atom. The van der Waals surface area contributed by atoms with E-state index in [-0.39, 0.29) is 17.7 Å². The standard InChI is InChI=1S/C10H11NO4/c1-3-15-10(14)9(13)7-4-5-8(12)11(2)6-7/h4-6H,3H2,1-2H3. The number of carbonyl (C=O) groups is 2. The lowest BCUT2D eigenvalue weighted by Crippen LogP contribution is -2.21. The number of hydrogen-bond acceptors (Lipinski definition) is 4. The van der Waals surface area contributed by atoms with E-state index in [1.54, 1.807) is 6.92 Å². The van der Waals surface area contributed by atoms with Crippen molar-refractivity contribution in [2.75, 3.05) is 6.61 Å². The zero-order chi connectivity index (χ0) is 11.4. The van der Waals surface area contributed by atoms with Gasteiger partial charge in [0.05, 0.1) is 6.61 Å². The summed E-state index contributed by atoms with van der Waals surface area (Å²) in [5.74, 6) is -1.65. The lowest BCUT2D eigenvalue weighted by atomic mass is 10.2. The van der Waals surface area contributed by atoms with Crippen molar-refractivity contribution >= 4 is 11.8 Å². The van der Waals surface area contributed by atoms with Gasteiger partial charge in [-0.2, -0.15) is 0 Å². The van der Waals surface area contributed by atoms with Crippen LogP contribution >= 0.6 is 0 Å². The van der Waals surface area contributed by atoms with Crippen molar-refractivity contribution in [3.8, 4) is 0 Å². The molecule has 0 aliphatic carbocycles. The zero-order valence-electron chi connectivity index (χ0n) is 8.52. The van der Waals surface area contributed by atoms with E-state index in [1.807, 2.05) is 0 Å². The number of hydrogen-bond donors (Lipinski definition) is 0. The van der Waals surface area contributed by atoms with Crippen LogP contribution in [0, 0.1) is 0 Å². The highest BCUT2D eigenvalue weighted by atomic mass is 16.5. The second-order valence-electron chi connectivity index (χ2n) is 2.92. The van der Waals surface area contributed by atoms with Crippen LogP contribution in [-0.4, -0.2) is 22.9 Å². The summed E-state index contributed by atoms with van der Waals surface area (Å²) in [7, 11) is 1.50. The van der Waals surface area contributed by atoms with Gasteiger partial charge in [0.15, 0.2) is 0 Å². The topological polar surface area (TPSA) is 65.4 Å². The molecule has 15 heavy (non-hydrogen) atoms. The fraction of sp³-hybridized carbons (Fsp3) is 0.300. The molecule has 0 aromatic carbocycles. The minimum Gasteiger partial charge on any atom is -0.460 e. The predicted octanol–water partition coefficient (Wildman–Crippen LogP) is 0.131. The molecule has 0 atom stereocenters. The van der Waals surface area contributed by atoms with Crippen molar-refractivity contribution in [2.24, 2.45) is 7.05 Å². The Hall–Kier alpha value is -1.91. The molecule has 5 nitrogen and oxygen atoms in total. The normalized spacial score (nSPS) is 9.73. The molecule has 80 valence electrons. The molecule has 0 spiro atoms. The lowest BCUT2D eigenvalue weighted by Gasteiger charge is -2.02. The zero-order valence-corrected chi connectivity index (χ0v) is 8.52. The minimum atomic E-state index is -0.906. The van der Waals surface area contributed by atoms with Crippen LogP contribution in [0.5, 0.6) is 0 Å². The summed E-state index contributed by atoms with van der Waals surface area (Å²) in [4.78, 5) is 33.5. The molecule has 0 N–H and O–H groups in total. The number of pyridine rings is 1. The quantitative estimate of drug-likeness (QED) is 0.403. The largest absolute Gasteiger partial charge is 0.460 e. The average molecular weight is 209 g/mol. The molecule has 0 radical (unpaired) electrons. The fourth-order valence-corrected chi connectivity index (χ4v) is 1.04. The summed E-state index contributed by atoms with van der Waals surface area (Å²) < 4.78 is 5.78. The lowest BCUT2D eigenvalue weighted by molar-refractivity contribution is -0.137. The number of rotatable bonds is 3. The van der Waals surface area contributed by atoms with Gasteiger partial charge in [-0.3, -0.25) is 9.59 Å². The van der Waals surface area contributed by atoms with Gasteiger partial charge in [-0.15, -0.1) is 0 Å². The summed E-state index contributed by atoms with van der Waals surface area (Å²) in [6.45, 7) is 1.77. The smallest absolute Gasteiger partial charge is 0.379 e. The molecular weight excluding hydrogens is 198 g/mol. The third kappa shape index (κ3) is 2.52. The highest BCUT2D eigenvalue weighted by Gasteiger charge is 2.17. The Bertz CT molecular complexity index is 447. The van der Waals surface area contributed by atoms with E-state index in [1.165, 1.54) is 29.9 Å². The van der Waals surface area contributed by atoms with Gasteiger partial charge in [0, 0.05) is 24.9 Å². The van der Waals surface area contributed by atoms with Crippen molar-refractivity contribution in [2.45, 2.75) is 6.92 Å². The van der Waals surface area contributed by atoms with E-state index >= 15 is 0 Å². The monoisotopic (exact) mass is 209 g/mol. The maximum Gasteiger partial charge on any atom is 0.379 e. The molecule has 1 aromatic heterocycles. The summed E-state index contributed by atoms with van der Waals surface area (Å²) >= 11 is 0. The second kappa shape index (κ2) is 4.54. The summed E-state index contributed by atoms with van der Waals surface area (Å²) in [5, 5.41) is 0. The van der Waals surface area contributed by atoms with E-state index in [4.69, 9.17) is 0 Å². The van der Waals surface area contributed by atoms with E-state index < -0.39 is 11.8 Å². The summed E-state index contributed by atoms with van der Waals surface area (Å²) in [6.07, 6.45) is 1.31. The van der Waals surface area contributed by atoms with Crippen LogP contribution in [0.25, 0.3) is 0 Å². The SMILES string of the molecule is CCOC(=O)C(=O)c1ccc(=O)n(C)c1. The molecule has 0 amide bonds. The number of Topliss-reactive ketones (excluding diaryl/α,β-unsaturated/α-hetero) is 1. The van der Waals surface area contributed by atoms with Gasteiger partial charge in [-0.1, -0.05) is 0 Å². The molecule has 0 aliphatic rings. The van der Waals surface area contributed by atoms with Crippen molar-refractivity contribution in [3.63, 3.8) is 0 Å². The van der Waals surface area contributed by atoms with Crippen molar-refractivity contribution in [1.29, 1.82) is 0 Å². The molecule has 1 aromatic rings. The van der Waals surface area contributed by atoms with Gasteiger partial charge in [0.2, 0.25) is 5.56 Å². The van der Waals surface area contributed by atoms with Crippen molar-refractivity contribution in [3.05, 3.63) is 34.2 Å². The van der Waals surface area contributed by atoms with Gasteiger partial charge in [0.25, 0.3) is 5.78 Å². The van der Waals surface area contributed by atoms with E-state index in [9.17, 15) is 14.4 Å². The number of ketones is 1. The third-order valence-electron chi connectivity index (χ3n) is 1.81. The first-order chi connectivity index (χ1) is 7.06. The van der Waals surface area contributed by atoms with Gasteiger partial charge in [-0.05, 0) is 13.0 Å². The first kappa shape index (κ1) is 11.2. The Morgan fingerprint density at radius 2 is 2.07 bits per heavy atom. The number of aromatic nitrogens is 1. The Balaban J connectivity index is 2.97. The first-order valence-corrected chi connectivity index (χ1v) is 4.44. The molecule has 0 unspecified atom stereocenters. The molecule has 0 aliphatic heterocycles. The highest BCUT2D eigenvalue weighted by molar-refractivity contribution is 6.40. The number of ether oxygens (including phenoxy) is 1. The van der Waals surface area contributed by atoms with Crippen LogP contribution in [-0.2, 0) is 16.6 Å². The van der Waals surface area contributed by atoms with Gasteiger partial charge < -0.3 is 9.30 Å². The van der Waals surface area contributed by atoms with Crippen molar-refractivity contribution < 1.29 is 14.3 Å². The maximum atomic E-state index is 11.4. The van der Waals surface area contributed by atoms with E-state index in [0.29, 0.717) is 0 Å². The first-order valence-electron chi connectivity index (χ1n) is 4.44. The predicted molar refractivity (Wildman–Crippen MR) is 52.6 cm³/mol. The molecule has 1 heterocycles. The summed E-state index contributed by atoms with van der Waals surface area (Å²) in [6, 6.07) is 2.54. The van der Waals surface area contributed by atoms with Crippen LogP contribution in [0.3, 0.4) is 0 Å². The van der Waals surface area contributed by atoms with Crippen LogP contribution in [0.2, 0.25) is 0 Å². The van der Waals surface area contributed by atoms with E-state index in [0.717, 1.165) is 0 Å². The Labute approximate surface area is 86.3 Å². The fourth-order valence-electron chi connectivity index (χ4n) is 1.04. The Morgan fingerprint density at radius 3 is 2.60 bits per heavy atom. The molecule has 0 fully saturated rings. The molecule has 0 saturated heterocycles. The molecule has 0 saturated carbocycles. The number of esters is 1.